The maximum absolute atomic E-state index is 9.38. The summed E-state index contributed by atoms with van der Waals surface area (Å²) in [7, 11) is 0. The van der Waals surface area contributed by atoms with Crippen LogP contribution in [0.3, 0.4) is 0 Å². The smallest absolute Gasteiger partial charge is 0.160 e. The van der Waals surface area contributed by atoms with Gasteiger partial charge in [0.1, 0.15) is 11.7 Å². The molecule has 54 valence electrons. The predicted octanol–water partition coefficient (Wildman–Crippen LogP) is 1.10. The molecule has 0 aromatic rings. The van der Waals surface area contributed by atoms with E-state index in [0.29, 0.717) is 5.33 Å². The fraction of sp³-hybridized carbons (Fsp3) is 1.00. The van der Waals surface area contributed by atoms with Gasteiger partial charge in [0.25, 0.3) is 0 Å². The van der Waals surface area contributed by atoms with Crippen LogP contribution >= 0.6 is 27.5 Å². The molecule has 1 heterocycles. The van der Waals surface area contributed by atoms with Crippen LogP contribution in [-0.2, 0) is 4.74 Å². The summed E-state index contributed by atoms with van der Waals surface area (Å²) in [5.74, 6) is 0. The molecule has 4 heteroatoms. The van der Waals surface area contributed by atoms with Gasteiger partial charge in [-0.05, 0) is 6.92 Å². The van der Waals surface area contributed by atoms with E-state index < -0.39 is 5.60 Å². The zero-order valence-corrected chi connectivity index (χ0v) is 7.32. The van der Waals surface area contributed by atoms with Gasteiger partial charge in [0, 0.05) is 5.33 Å². The van der Waals surface area contributed by atoms with E-state index in [2.05, 4.69) is 15.9 Å². The second-order valence-electron chi connectivity index (χ2n) is 2.40. The van der Waals surface area contributed by atoms with Crippen molar-refractivity contribution in [3.8, 4) is 0 Å². The molecule has 0 radical (unpaired) electrons. The van der Waals surface area contributed by atoms with Gasteiger partial charge >= 0.3 is 0 Å². The van der Waals surface area contributed by atoms with Crippen LogP contribution in [0, 0.1) is 0 Å². The standard InChI is InChI=1S/C5H8BrClO2/c1-5(8,2-6)3-4(7)9-3/h3-4,8H,2H2,1H3/t3?,4?,5-/m0/s1. The monoisotopic (exact) mass is 214 g/mol. The Kier molecular flexibility index (Phi) is 2.06. The van der Waals surface area contributed by atoms with Crippen molar-refractivity contribution in [1.29, 1.82) is 0 Å². The number of hydrogen-bond donors (Lipinski definition) is 1. The van der Waals surface area contributed by atoms with E-state index in [0.717, 1.165) is 0 Å². The zero-order chi connectivity index (χ0) is 7.07. The summed E-state index contributed by atoms with van der Waals surface area (Å²) in [6.45, 7) is 1.69. The number of alkyl halides is 2. The van der Waals surface area contributed by atoms with E-state index in [9.17, 15) is 5.11 Å². The van der Waals surface area contributed by atoms with Gasteiger partial charge < -0.3 is 9.84 Å². The van der Waals surface area contributed by atoms with Crippen LogP contribution in [0.25, 0.3) is 0 Å². The van der Waals surface area contributed by atoms with Crippen LogP contribution < -0.4 is 0 Å². The Morgan fingerprint density at radius 2 is 2.33 bits per heavy atom. The summed E-state index contributed by atoms with van der Waals surface area (Å²) in [4.78, 5) is 0. The number of halogens is 2. The first-order valence-corrected chi connectivity index (χ1v) is 4.21. The minimum Gasteiger partial charge on any atom is -0.386 e. The molecule has 0 spiro atoms. The Balaban J connectivity index is 2.41. The quantitative estimate of drug-likeness (QED) is 0.553. The van der Waals surface area contributed by atoms with Gasteiger partial charge in [-0.15, -0.1) is 0 Å². The van der Waals surface area contributed by atoms with Crippen molar-refractivity contribution in [3.63, 3.8) is 0 Å². The normalized spacial score (nSPS) is 40.0. The molecule has 0 saturated carbocycles. The highest BCUT2D eigenvalue weighted by atomic mass is 79.9. The van der Waals surface area contributed by atoms with Crippen molar-refractivity contribution in [2.75, 3.05) is 5.33 Å². The summed E-state index contributed by atoms with van der Waals surface area (Å²) in [5.41, 5.74) is -1.11. The first-order chi connectivity index (χ1) is 4.08. The predicted molar refractivity (Wildman–Crippen MR) is 38.9 cm³/mol. The zero-order valence-electron chi connectivity index (χ0n) is 4.97. The summed E-state index contributed by atoms with van der Waals surface area (Å²) in [5, 5.41) is 9.87. The van der Waals surface area contributed by atoms with Crippen LogP contribution in [0.1, 0.15) is 6.92 Å². The molecule has 3 atom stereocenters. The molecule has 9 heavy (non-hydrogen) atoms. The van der Waals surface area contributed by atoms with Crippen molar-refractivity contribution < 1.29 is 9.84 Å². The maximum Gasteiger partial charge on any atom is 0.160 e. The van der Waals surface area contributed by atoms with Crippen molar-refractivity contribution in [2.45, 2.75) is 24.2 Å². The Labute approximate surface area is 67.3 Å². The highest BCUT2D eigenvalue weighted by Gasteiger charge is 2.49. The second-order valence-corrected chi connectivity index (χ2v) is 3.39. The minimum atomic E-state index is -0.813. The third-order valence-corrected chi connectivity index (χ3v) is 2.79. The number of epoxide rings is 1. The summed E-state index contributed by atoms with van der Waals surface area (Å²) in [6, 6.07) is 0. The van der Waals surface area contributed by atoms with Crippen molar-refractivity contribution in [2.24, 2.45) is 0 Å². The Hall–Kier alpha value is 0.690. The first-order valence-electron chi connectivity index (χ1n) is 2.66. The van der Waals surface area contributed by atoms with Crippen LogP contribution in [0.15, 0.2) is 0 Å². The molecule has 1 rings (SSSR count). The van der Waals surface area contributed by atoms with E-state index in [-0.39, 0.29) is 11.7 Å². The fourth-order valence-electron chi connectivity index (χ4n) is 0.600. The van der Waals surface area contributed by atoms with Crippen molar-refractivity contribution in [3.05, 3.63) is 0 Å². The number of aliphatic hydroxyl groups is 1. The number of ether oxygens (including phenoxy) is 1. The lowest BCUT2D eigenvalue weighted by Crippen LogP contribution is -2.33. The topological polar surface area (TPSA) is 32.8 Å². The second kappa shape index (κ2) is 2.38. The van der Waals surface area contributed by atoms with E-state index in [1.807, 2.05) is 0 Å². The Morgan fingerprint density at radius 3 is 2.44 bits per heavy atom. The third kappa shape index (κ3) is 1.58. The highest BCUT2D eigenvalue weighted by Crippen LogP contribution is 2.35. The van der Waals surface area contributed by atoms with Crippen molar-refractivity contribution in [1.82, 2.24) is 0 Å². The average Bonchev–Trinajstić information content (AvgIpc) is 2.47. The van der Waals surface area contributed by atoms with Gasteiger partial charge in [0.2, 0.25) is 0 Å². The molecule has 1 aliphatic rings. The SMILES string of the molecule is C[C@](O)(CBr)C1OC1Cl. The molecular weight excluding hydrogens is 207 g/mol. The molecule has 0 aromatic heterocycles. The Morgan fingerprint density at radius 1 is 1.89 bits per heavy atom. The molecule has 0 bridgehead atoms. The largest absolute Gasteiger partial charge is 0.386 e. The molecule has 1 aliphatic heterocycles. The molecule has 1 fully saturated rings. The van der Waals surface area contributed by atoms with Crippen LogP contribution in [0.4, 0.5) is 0 Å². The maximum atomic E-state index is 9.38. The molecule has 0 aromatic carbocycles. The number of rotatable bonds is 2. The van der Waals surface area contributed by atoms with Crippen LogP contribution in [-0.4, -0.2) is 27.7 Å². The highest BCUT2D eigenvalue weighted by molar-refractivity contribution is 9.09. The van der Waals surface area contributed by atoms with Crippen molar-refractivity contribution >= 4 is 27.5 Å². The first kappa shape index (κ1) is 7.79. The Bertz CT molecular complexity index is 118. The molecule has 2 nitrogen and oxygen atoms in total. The van der Waals surface area contributed by atoms with Gasteiger partial charge in [-0.2, -0.15) is 0 Å². The molecular formula is C5H8BrClO2. The lowest BCUT2D eigenvalue weighted by atomic mass is 10.1. The number of hydrogen-bond acceptors (Lipinski definition) is 2. The lowest BCUT2D eigenvalue weighted by Gasteiger charge is -2.15. The van der Waals surface area contributed by atoms with E-state index in [1.54, 1.807) is 6.92 Å². The van der Waals surface area contributed by atoms with Crippen LogP contribution in [0.5, 0.6) is 0 Å². The van der Waals surface area contributed by atoms with Gasteiger partial charge in [0.05, 0.1) is 0 Å². The third-order valence-electron chi connectivity index (χ3n) is 1.32. The van der Waals surface area contributed by atoms with E-state index >= 15 is 0 Å². The average molecular weight is 215 g/mol. The fourth-order valence-corrected chi connectivity index (χ4v) is 1.30. The minimum absolute atomic E-state index is 0.196. The van der Waals surface area contributed by atoms with Gasteiger partial charge in [-0.1, -0.05) is 27.5 Å². The van der Waals surface area contributed by atoms with Crippen LogP contribution in [0.2, 0.25) is 0 Å². The molecule has 1 N–H and O–H groups in total. The summed E-state index contributed by atoms with van der Waals surface area (Å²) >= 11 is 8.66. The lowest BCUT2D eigenvalue weighted by molar-refractivity contribution is 0.0541. The molecule has 1 saturated heterocycles. The van der Waals surface area contributed by atoms with Gasteiger partial charge in [-0.25, -0.2) is 0 Å². The molecule has 0 amide bonds. The molecule has 2 unspecified atom stereocenters. The summed E-state index contributed by atoms with van der Waals surface area (Å²) in [6.07, 6.45) is -0.196. The summed E-state index contributed by atoms with van der Waals surface area (Å²) < 4.78 is 4.86. The van der Waals surface area contributed by atoms with Gasteiger partial charge in [-0.3, -0.25) is 0 Å². The molecule has 0 aliphatic carbocycles. The van der Waals surface area contributed by atoms with Gasteiger partial charge in [0.15, 0.2) is 5.56 Å². The van der Waals surface area contributed by atoms with E-state index in [1.165, 1.54) is 0 Å². The van der Waals surface area contributed by atoms with E-state index in [4.69, 9.17) is 16.3 Å².